The van der Waals surface area contributed by atoms with Crippen molar-refractivity contribution in [3.8, 4) is 0 Å². The Balaban J connectivity index is 2.44. The van der Waals surface area contributed by atoms with Gasteiger partial charge in [0.2, 0.25) is 0 Å². The topological polar surface area (TPSA) is 63.6 Å². The third-order valence-electron chi connectivity index (χ3n) is 2.49. The molecule has 0 spiro atoms. The predicted octanol–water partition coefficient (Wildman–Crippen LogP) is 1.46. The molecule has 0 aliphatic carbocycles. The average Bonchev–Trinajstić information content (AvgIpc) is 2.27. The maximum atomic E-state index is 11.4. The van der Waals surface area contributed by atoms with Crippen molar-refractivity contribution >= 4 is 11.8 Å². The average molecular weight is 236 g/mol. The quantitative estimate of drug-likeness (QED) is 0.786. The summed E-state index contributed by atoms with van der Waals surface area (Å²) >= 11 is 0. The van der Waals surface area contributed by atoms with Crippen LogP contribution in [0.3, 0.4) is 0 Å². The number of benzene rings is 1. The number of hydrogen-bond acceptors (Lipinski definition) is 4. The van der Waals surface area contributed by atoms with Crippen LogP contribution in [0, 0.1) is 0 Å². The molecule has 1 aromatic rings. The molecule has 17 heavy (non-hydrogen) atoms. The lowest BCUT2D eigenvalue weighted by Gasteiger charge is -2.18. The minimum Gasteiger partial charge on any atom is -0.461 e. The molecule has 0 unspecified atom stereocenters. The first-order valence-corrected chi connectivity index (χ1v) is 5.35. The lowest BCUT2D eigenvalue weighted by Crippen LogP contribution is -2.36. The monoisotopic (exact) mass is 236 g/mol. The molecular formula is C13H16O4. The second-order valence-corrected chi connectivity index (χ2v) is 4.15. The molecule has 0 amide bonds. The second kappa shape index (κ2) is 5.59. The maximum absolute atomic E-state index is 11.4. The van der Waals surface area contributed by atoms with E-state index in [1.807, 2.05) is 30.3 Å². The zero-order valence-corrected chi connectivity index (χ0v) is 9.97. The van der Waals surface area contributed by atoms with Crippen LogP contribution in [0.5, 0.6) is 0 Å². The van der Waals surface area contributed by atoms with Gasteiger partial charge < -0.3 is 9.84 Å². The summed E-state index contributed by atoms with van der Waals surface area (Å²) in [6.07, 6.45) is -0.324. The number of rotatable bonds is 5. The van der Waals surface area contributed by atoms with E-state index in [4.69, 9.17) is 4.74 Å². The first-order chi connectivity index (χ1) is 7.92. The fourth-order valence-electron chi connectivity index (χ4n) is 1.19. The Morgan fingerprint density at radius 3 is 2.41 bits per heavy atom. The van der Waals surface area contributed by atoms with Gasteiger partial charge in [0.1, 0.15) is 12.2 Å². The highest BCUT2D eigenvalue weighted by Gasteiger charge is 2.30. The lowest BCUT2D eigenvalue weighted by molar-refractivity contribution is -0.154. The molecular weight excluding hydrogens is 220 g/mol. The van der Waals surface area contributed by atoms with Gasteiger partial charge in [0.15, 0.2) is 5.78 Å². The largest absolute Gasteiger partial charge is 0.461 e. The molecule has 1 atom stereocenters. The van der Waals surface area contributed by atoms with Crippen molar-refractivity contribution in [2.75, 3.05) is 0 Å². The molecule has 0 saturated carbocycles. The Hall–Kier alpha value is -1.68. The van der Waals surface area contributed by atoms with Crippen LogP contribution in [0.4, 0.5) is 0 Å². The molecule has 0 aliphatic heterocycles. The van der Waals surface area contributed by atoms with E-state index in [1.54, 1.807) is 0 Å². The smallest absolute Gasteiger partial charge is 0.309 e. The van der Waals surface area contributed by atoms with Crippen LogP contribution in [0.1, 0.15) is 25.8 Å². The summed E-state index contributed by atoms with van der Waals surface area (Å²) in [5.74, 6) is -1.04. The summed E-state index contributed by atoms with van der Waals surface area (Å²) in [5.41, 5.74) is -0.781. The maximum Gasteiger partial charge on any atom is 0.309 e. The molecule has 4 heteroatoms. The molecule has 4 nitrogen and oxygen atoms in total. The molecule has 0 aromatic heterocycles. The van der Waals surface area contributed by atoms with Gasteiger partial charge in [-0.15, -0.1) is 0 Å². The Morgan fingerprint density at radius 1 is 1.29 bits per heavy atom. The number of ether oxygens (including phenoxy) is 1. The zero-order valence-electron chi connectivity index (χ0n) is 9.97. The highest BCUT2D eigenvalue weighted by Crippen LogP contribution is 2.12. The van der Waals surface area contributed by atoms with Crippen molar-refractivity contribution in [1.29, 1.82) is 0 Å². The molecule has 1 N–H and O–H groups in total. The van der Waals surface area contributed by atoms with E-state index in [0.29, 0.717) is 0 Å². The van der Waals surface area contributed by atoms with Gasteiger partial charge in [-0.3, -0.25) is 9.59 Å². The van der Waals surface area contributed by atoms with Crippen LogP contribution in [0.25, 0.3) is 0 Å². The molecule has 0 aliphatic rings. The Morgan fingerprint density at radius 2 is 1.88 bits per heavy atom. The van der Waals surface area contributed by atoms with Gasteiger partial charge in [0.25, 0.3) is 0 Å². The third kappa shape index (κ3) is 4.36. The van der Waals surface area contributed by atoms with Crippen LogP contribution in [-0.4, -0.2) is 22.5 Å². The van der Waals surface area contributed by atoms with Crippen molar-refractivity contribution in [2.45, 2.75) is 32.5 Å². The van der Waals surface area contributed by atoms with Gasteiger partial charge in [-0.05, 0) is 19.4 Å². The summed E-state index contributed by atoms with van der Waals surface area (Å²) in [5, 5.41) is 9.61. The predicted molar refractivity (Wildman–Crippen MR) is 62.2 cm³/mol. The fraction of sp³-hybridized carbons (Fsp3) is 0.385. The highest BCUT2D eigenvalue weighted by atomic mass is 16.5. The number of Topliss-reactive ketones (excluding diaryl/α,β-unsaturated/α-hetero) is 1. The summed E-state index contributed by atoms with van der Waals surface area (Å²) < 4.78 is 4.96. The number of hydrogen-bond donors (Lipinski definition) is 1. The van der Waals surface area contributed by atoms with Crippen LogP contribution in [0.15, 0.2) is 30.3 Å². The van der Waals surface area contributed by atoms with E-state index >= 15 is 0 Å². The van der Waals surface area contributed by atoms with Gasteiger partial charge in [-0.1, -0.05) is 30.3 Å². The molecule has 0 heterocycles. The molecule has 0 radical (unpaired) electrons. The van der Waals surface area contributed by atoms with Gasteiger partial charge in [0.05, 0.1) is 6.42 Å². The number of esters is 1. The summed E-state index contributed by atoms with van der Waals surface area (Å²) in [4.78, 5) is 22.4. The number of carbonyl (C=O) groups is 2. The second-order valence-electron chi connectivity index (χ2n) is 4.15. The van der Waals surface area contributed by atoms with Crippen molar-refractivity contribution < 1.29 is 19.4 Å². The summed E-state index contributed by atoms with van der Waals surface area (Å²) in [6.45, 7) is 2.69. The fourth-order valence-corrected chi connectivity index (χ4v) is 1.19. The summed E-state index contributed by atoms with van der Waals surface area (Å²) in [6, 6.07) is 9.21. The summed E-state index contributed by atoms with van der Waals surface area (Å²) in [7, 11) is 0. The normalized spacial score (nSPS) is 13.8. The third-order valence-corrected chi connectivity index (χ3v) is 2.49. The van der Waals surface area contributed by atoms with E-state index in [2.05, 4.69) is 0 Å². The number of carbonyl (C=O) groups excluding carboxylic acids is 2. The molecule has 0 bridgehead atoms. The molecule has 0 saturated heterocycles. The van der Waals surface area contributed by atoms with E-state index in [1.165, 1.54) is 13.8 Å². The van der Waals surface area contributed by atoms with E-state index in [-0.39, 0.29) is 13.0 Å². The molecule has 1 rings (SSSR count). The first kappa shape index (κ1) is 13.4. The molecule has 92 valence electrons. The van der Waals surface area contributed by atoms with Crippen LogP contribution < -0.4 is 0 Å². The zero-order chi connectivity index (χ0) is 12.9. The van der Waals surface area contributed by atoms with Crippen molar-refractivity contribution in [1.82, 2.24) is 0 Å². The standard InChI is InChI=1S/C13H16O4/c1-10(14)13(2,16)8-12(15)17-9-11-6-4-3-5-7-11/h3-7,16H,8-9H2,1-2H3/t13-/m0/s1. The number of ketones is 1. The lowest BCUT2D eigenvalue weighted by atomic mass is 9.98. The van der Waals surface area contributed by atoms with Gasteiger partial charge in [-0.25, -0.2) is 0 Å². The van der Waals surface area contributed by atoms with E-state index < -0.39 is 17.4 Å². The minimum absolute atomic E-state index is 0.146. The van der Waals surface area contributed by atoms with Crippen molar-refractivity contribution in [2.24, 2.45) is 0 Å². The first-order valence-electron chi connectivity index (χ1n) is 5.35. The van der Waals surface area contributed by atoms with Gasteiger partial charge in [-0.2, -0.15) is 0 Å². The SMILES string of the molecule is CC(=O)[C@@](C)(O)CC(=O)OCc1ccccc1. The van der Waals surface area contributed by atoms with Crippen molar-refractivity contribution in [3.05, 3.63) is 35.9 Å². The number of aliphatic hydroxyl groups is 1. The Labute approximate surface area is 100 Å². The van der Waals surface area contributed by atoms with E-state index in [9.17, 15) is 14.7 Å². The van der Waals surface area contributed by atoms with Crippen LogP contribution in [-0.2, 0) is 20.9 Å². The van der Waals surface area contributed by atoms with Gasteiger partial charge >= 0.3 is 5.97 Å². The van der Waals surface area contributed by atoms with Crippen molar-refractivity contribution in [3.63, 3.8) is 0 Å². The van der Waals surface area contributed by atoms with Crippen LogP contribution in [0.2, 0.25) is 0 Å². The van der Waals surface area contributed by atoms with Gasteiger partial charge in [0, 0.05) is 0 Å². The molecule has 1 aromatic carbocycles. The van der Waals surface area contributed by atoms with E-state index in [0.717, 1.165) is 5.56 Å². The Kier molecular flexibility index (Phi) is 4.40. The molecule has 0 fully saturated rings. The minimum atomic E-state index is -1.65. The Bertz CT molecular complexity index is 395. The van der Waals surface area contributed by atoms with Crippen LogP contribution >= 0.6 is 0 Å². The highest BCUT2D eigenvalue weighted by molar-refractivity contribution is 5.88.